The highest BCUT2D eigenvalue weighted by Gasteiger charge is 2.20. The highest BCUT2D eigenvalue weighted by Crippen LogP contribution is 2.26. The fraction of sp³-hybridized carbons (Fsp3) is 0.385. The first-order valence-corrected chi connectivity index (χ1v) is 6.45. The third-order valence-electron chi connectivity index (χ3n) is 2.81. The largest absolute Gasteiger partial charge is 0.368 e. The zero-order chi connectivity index (χ0) is 16.0. The molecule has 0 aliphatic rings. The van der Waals surface area contributed by atoms with E-state index in [9.17, 15) is 19.7 Å². The number of nitro benzene ring substituents is 1. The number of hydrogen-bond donors (Lipinski definition) is 3. The van der Waals surface area contributed by atoms with Crippen molar-refractivity contribution in [2.24, 2.45) is 0 Å². The minimum absolute atomic E-state index is 0.184. The Balaban J connectivity index is 3.08. The Morgan fingerprint density at radius 2 is 2.05 bits per heavy atom. The first-order valence-electron chi connectivity index (χ1n) is 6.45. The van der Waals surface area contributed by atoms with Crippen LogP contribution in [0.25, 0.3) is 0 Å². The minimum Gasteiger partial charge on any atom is -0.368 e. The molecule has 114 valence electrons. The number of carbonyl (C=O) groups excluding carboxylic acids is 2. The number of amides is 2. The average Bonchev–Trinajstić information content (AvgIpc) is 2.46. The van der Waals surface area contributed by atoms with Gasteiger partial charge in [-0.2, -0.15) is 0 Å². The molecule has 1 unspecified atom stereocenters. The molecule has 2 amide bonds. The van der Waals surface area contributed by atoms with Crippen molar-refractivity contribution in [1.82, 2.24) is 10.6 Å². The van der Waals surface area contributed by atoms with Gasteiger partial charge in [-0.1, -0.05) is 0 Å². The number of nitrogens with zero attached hydrogens (tertiary/aromatic N) is 1. The lowest BCUT2D eigenvalue weighted by molar-refractivity contribution is -0.384. The standard InChI is InChI=1S/C13H18N4O4/c1-4-15-13(19)9-5-6-10(11(7-9)17(20)21)16-8(2)12(18)14-3/h5-8,16H,4H2,1-3H3,(H,14,18)(H,15,19). The van der Waals surface area contributed by atoms with E-state index in [1.165, 1.54) is 25.2 Å². The maximum atomic E-state index is 11.7. The fourth-order valence-corrected chi connectivity index (χ4v) is 1.72. The lowest BCUT2D eigenvalue weighted by Gasteiger charge is -2.14. The van der Waals surface area contributed by atoms with Crippen molar-refractivity contribution in [2.75, 3.05) is 18.9 Å². The highest BCUT2D eigenvalue weighted by atomic mass is 16.6. The summed E-state index contributed by atoms with van der Waals surface area (Å²) in [5, 5.41) is 18.9. The van der Waals surface area contributed by atoms with Crippen LogP contribution in [0.2, 0.25) is 0 Å². The molecule has 1 aromatic carbocycles. The predicted molar refractivity (Wildman–Crippen MR) is 78.3 cm³/mol. The zero-order valence-corrected chi connectivity index (χ0v) is 12.1. The molecule has 0 aromatic heterocycles. The molecule has 0 radical (unpaired) electrons. The van der Waals surface area contributed by atoms with Crippen LogP contribution in [0.1, 0.15) is 24.2 Å². The number of benzene rings is 1. The summed E-state index contributed by atoms with van der Waals surface area (Å²) in [7, 11) is 1.48. The summed E-state index contributed by atoms with van der Waals surface area (Å²) in [4.78, 5) is 33.7. The Bertz CT molecular complexity index is 559. The van der Waals surface area contributed by atoms with E-state index in [2.05, 4.69) is 16.0 Å². The lowest BCUT2D eigenvalue weighted by Crippen LogP contribution is -2.35. The molecule has 0 heterocycles. The molecular weight excluding hydrogens is 276 g/mol. The summed E-state index contributed by atoms with van der Waals surface area (Å²) in [5.41, 5.74) is 0.125. The van der Waals surface area contributed by atoms with Crippen LogP contribution >= 0.6 is 0 Å². The van der Waals surface area contributed by atoms with Gasteiger partial charge in [0.05, 0.1) is 4.92 Å². The van der Waals surface area contributed by atoms with Crippen LogP contribution in [0.5, 0.6) is 0 Å². The van der Waals surface area contributed by atoms with E-state index in [0.717, 1.165) is 0 Å². The maximum Gasteiger partial charge on any atom is 0.293 e. The molecule has 0 bridgehead atoms. The molecule has 1 aromatic rings. The van der Waals surface area contributed by atoms with Gasteiger partial charge in [-0.3, -0.25) is 19.7 Å². The smallest absolute Gasteiger partial charge is 0.293 e. The Morgan fingerprint density at radius 3 is 2.57 bits per heavy atom. The molecular formula is C13H18N4O4. The van der Waals surface area contributed by atoms with E-state index < -0.39 is 11.0 Å². The number of carbonyl (C=O) groups is 2. The summed E-state index contributed by atoms with van der Waals surface area (Å²) < 4.78 is 0. The van der Waals surface area contributed by atoms with Gasteiger partial charge in [-0.25, -0.2) is 0 Å². The summed E-state index contributed by atoms with van der Waals surface area (Å²) in [6, 6.07) is 3.44. The van der Waals surface area contributed by atoms with Crippen LogP contribution in [0.3, 0.4) is 0 Å². The predicted octanol–water partition coefficient (Wildman–Crippen LogP) is 0.891. The quantitative estimate of drug-likeness (QED) is 0.532. The van der Waals surface area contributed by atoms with Gasteiger partial charge in [0.1, 0.15) is 11.7 Å². The van der Waals surface area contributed by atoms with Crippen molar-refractivity contribution < 1.29 is 14.5 Å². The Morgan fingerprint density at radius 1 is 1.38 bits per heavy atom. The molecule has 1 atom stereocenters. The van der Waals surface area contributed by atoms with Gasteiger partial charge < -0.3 is 16.0 Å². The lowest BCUT2D eigenvalue weighted by atomic mass is 10.1. The summed E-state index contributed by atoms with van der Waals surface area (Å²) in [6.45, 7) is 3.77. The summed E-state index contributed by atoms with van der Waals surface area (Å²) >= 11 is 0. The van der Waals surface area contributed by atoms with Gasteiger partial charge >= 0.3 is 0 Å². The third kappa shape index (κ3) is 4.16. The van der Waals surface area contributed by atoms with Crippen molar-refractivity contribution in [2.45, 2.75) is 19.9 Å². The Hall–Kier alpha value is -2.64. The van der Waals surface area contributed by atoms with Gasteiger partial charge in [0.25, 0.3) is 11.6 Å². The topological polar surface area (TPSA) is 113 Å². The van der Waals surface area contributed by atoms with E-state index >= 15 is 0 Å². The van der Waals surface area contributed by atoms with Gasteiger partial charge in [0.2, 0.25) is 5.91 Å². The molecule has 8 heteroatoms. The second-order valence-electron chi connectivity index (χ2n) is 4.33. The minimum atomic E-state index is -0.635. The first kappa shape index (κ1) is 16.4. The maximum absolute atomic E-state index is 11.7. The van der Waals surface area contributed by atoms with Crippen LogP contribution in [0, 0.1) is 10.1 Å². The first-order chi connectivity index (χ1) is 9.90. The molecule has 21 heavy (non-hydrogen) atoms. The Kier molecular flexibility index (Phi) is 5.65. The van der Waals surface area contributed by atoms with Crippen LogP contribution in [0.15, 0.2) is 18.2 Å². The second kappa shape index (κ2) is 7.22. The third-order valence-corrected chi connectivity index (χ3v) is 2.81. The molecule has 0 spiro atoms. The number of anilines is 1. The summed E-state index contributed by atoms with van der Waals surface area (Å²) in [6.07, 6.45) is 0. The number of nitrogens with one attached hydrogen (secondary N) is 3. The molecule has 0 saturated carbocycles. The molecule has 0 fully saturated rings. The molecule has 0 aliphatic heterocycles. The van der Waals surface area contributed by atoms with Crippen molar-refractivity contribution in [3.8, 4) is 0 Å². The number of nitro groups is 1. The number of likely N-dealkylation sites (N-methyl/N-ethyl adjacent to an activating group) is 1. The van der Waals surface area contributed by atoms with E-state index in [0.29, 0.717) is 6.54 Å². The molecule has 8 nitrogen and oxygen atoms in total. The van der Waals surface area contributed by atoms with Crippen LogP contribution in [-0.4, -0.2) is 36.4 Å². The van der Waals surface area contributed by atoms with Crippen molar-refractivity contribution in [3.05, 3.63) is 33.9 Å². The molecule has 0 saturated heterocycles. The van der Waals surface area contributed by atoms with E-state index in [4.69, 9.17) is 0 Å². The van der Waals surface area contributed by atoms with Crippen molar-refractivity contribution in [3.63, 3.8) is 0 Å². The van der Waals surface area contributed by atoms with E-state index in [-0.39, 0.29) is 28.8 Å². The van der Waals surface area contributed by atoms with Crippen molar-refractivity contribution in [1.29, 1.82) is 0 Å². The SMILES string of the molecule is CCNC(=O)c1ccc(NC(C)C(=O)NC)c([N+](=O)[O-])c1. The highest BCUT2D eigenvalue weighted by molar-refractivity contribution is 5.96. The monoisotopic (exact) mass is 294 g/mol. The molecule has 0 aliphatic carbocycles. The average molecular weight is 294 g/mol. The second-order valence-corrected chi connectivity index (χ2v) is 4.33. The normalized spacial score (nSPS) is 11.4. The van der Waals surface area contributed by atoms with Crippen LogP contribution in [-0.2, 0) is 4.79 Å². The molecule has 3 N–H and O–H groups in total. The summed E-state index contributed by atoms with van der Waals surface area (Å²) in [5.74, 6) is -0.677. The Labute approximate surface area is 122 Å². The molecule has 1 rings (SSSR count). The van der Waals surface area contributed by atoms with Gasteiger partial charge in [0, 0.05) is 25.2 Å². The van der Waals surface area contributed by atoms with E-state index in [1.807, 2.05) is 0 Å². The van der Waals surface area contributed by atoms with Gasteiger partial charge in [0.15, 0.2) is 0 Å². The van der Waals surface area contributed by atoms with E-state index in [1.54, 1.807) is 13.8 Å². The van der Waals surface area contributed by atoms with Gasteiger partial charge in [-0.05, 0) is 26.0 Å². The van der Waals surface area contributed by atoms with Crippen LogP contribution in [0.4, 0.5) is 11.4 Å². The van der Waals surface area contributed by atoms with Crippen molar-refractivity contribution >= 4 is 23.2 Å². The van der Waals surface area contributed by atoms with Gasteiger partial charge in [-0.15, -0.1) is 0 Å². The fourth-order valence-electron chi connectivity index (χ4n) is 1.72. The number of hydrogen-bond acceptors (Lipinski definition) is 5. The number of rotatable bonds is 6. The van der Waals surface area contributed by atoms with Crippen LogP contribution < -0.4 is 16.0 Å². The zero-order valence-electron chi connectivity index (χ0n) is 12.1.